The number of imide groups is 1. The molecule has 0 saturated carbocycles. The van der Waals surface area contributed by atoms with Crippen LogP contribution in [0, 0.1) is 0 Å². The summed E-state index contributed by atoms with van der Waals surface area (Å²) in [6.07, 6.45) is 0. The second kappa shape index (κ2) is 7.06. The Morgan fingerprint density at radius 3 is 1.56 bits per heavy atom. The highest BCUT2D eigenvalue weighted by Gasteiger charge is 2.52. The van der Waals surface area contributed by atoms with E-state index < -0.39 is 17.5 Å². The van der Waals surface area contributed by atoms with Crippen molar-refractivity contribution in [1.82, 2.24) is 10.6 Å². The Kier molecular flexibility index (Phi) is 4.81. The van der Waals surface area contributed by atoms with E-state index in [0.29, 0.717) is 34.1 Å². The molecule has 1 heterocycles. The van der Waals surface area contributed by atoms with Crippen LogP contribution in [0.4, 0.5) is 4.79 Å². The first kappa shape index (κ1) is 18.4. The molecule has 0 radical (unpaired) electrons. The predicted octanol–water partition coefficient (Wildman–Crippen LogP) is 1.80. The second-order valence-corrected chi connectivity index (χ2v) is 5.79. The molecule has 8 nitrogen and oxygen atoms in total. The third-order valence-electron chi connectivity index (χ3n) is 4.49. The molecule has 1 aliphatic heterocycles. The van der Waals surface area contributed by atoms with Gasteiger partial charge in [0.25, 0.3) is 5.91 Å². The molecule has 142 valence electrons. The minimum atomic E-state index is -1.54. The molecule has 0 spiro atoms. The number of carbonyl (C=O) groups excluding carboxylic acids is 2. The van der Waals surface area contributed by atoms with Crippen molar-refractivity contribution in [2.24, 2.45) is 0 Å². The smallest absolute Gasteiger partial charge is 0.322 e. The molecule has 0 aromatic heterocycles. The van der Waals surface area contributed by atoms with Crippen molar-refractivity contribution in [3.8, 4) is 23.0 Å². The minimum Gasteiger partial charge on any atom is -0.497 e. The van der Waals surface area contributed by atoms with Crippen molar-refractivity contribution >= 4 is 11.9 Å². The Bertz CT molecular complexity index is 840. The molecule has 3 amide bonds. The number of amides is 3. The Labute approximate surface area is 156 Å². The van der Waals surface area contributed by atoms with Gasteiger partial charge in [-0.3, -0.25) is 10.1 Å². The van der Waals surface area contributed by atoms with Crippen molar-refractivity contribution in [3.05, 3.63) is 47.5 Å². The topological polar surface area (TPSA) is 95.1 Å². The highest BCUT2D eigenvalue weighted by molar-refractivity contribution is 6.10. The van der Waals surface area contributed by atoms with Crippen LogP contribution in [0.5, 0.6) is 23.0 Å². The minimum absolute atomic E-state index is 0.379. The molecular formula is C19H20N2O6. The average molecular weight is 372 g/mol. The first-order chi connectivity index (χ1) is 13.0. The van der Waals surface area contributed by atoms with Gasteiger partial charge in [-0.15, -0.1) is 0 Å². The zero-order valence-electron chi connectivity index (χ0n) is 15.4. The summed E-state index contributed by atoms with van der Waals surface area (Å²) in [6.45, 7) is 0. The third-order valence-corrected chi connectivity index (χ3v) is 4.49. The van der Waals surface area contributed by atoms with Crippen LogP contribution in [-0.4, -0.2) is 40.4 Å². The normalized spacial score (nSPS) is 15.0. The van der Waals surface area contributed by atoms with Crippen molar-refractivity contribution in [2.75, 3.05) is 28.4 Å². The summed E-state index contributed by atoms with van der Waals surface area (Å²) in [7, 11) is 6.01. The Morgan fingerprint density at radius 2 is 1.22 bits per heavy atom. The monoisotopic (exact) mass is 372 g/mol. The molecule has 3 rings (SSSR count). The van der Waals surface area contributed by atoms with Gasteiger partial charge in [-0.1, -0.05) is 0 Å². The fourth-order valence-corrected chi connectivity index (χ4v) is 3.20. The van der Waals surface area contributed by atoms with Crippen molar-refractivity contribution < 1.29 is 28.5 Å². The molecule has 1 fully saturated rings. The molecular weight excluding hydrogens is 352 g/mol. The highest BCUT2D eigenvalue weighted by atomic mass is 16.5. The van der Waals surface area contributed by atoms with E-state index in [1.165, 1.54) is 28.4 Å². The van der Waals surface area contributed by atoms with Crippen LogP contribution < -0.4 is 29.6 Å². The van der Waals surface area contributed by atoms with Crippen LogP contribution in [-0.2, 0) is 10.3 Å². The molecule has 1 saturated heterocycles. The number of hydrogen-bond acceptors (Lipinski definition) is 6. The largest absolute Gasteiger partial charge is 0.497 e. The number of benzene rings is 2. The molecule has 0 aliphatic carbocycles. The Balaban J connectivity index is 2.31. The molecule has 27 heavy (non-hydrogen) atoms. The van der Waals surface area contributed by atoms with Gasteiger partial charge in [-0.05, 0) is 24.3 Å². The van der Waals surface area contributed by atoms with Gasteiger partial charge in [0.15, 0.2) is 5.54 Å². The average Bonchev–Trinajstić information content (AvgIpc) is 3.01. The van der Waals surface area contributed by atoms with E-state index in [1.807, 2.05) is 0 Å². The van der Waals surface area contributed by atoms with E-state index in [-0.39, 0.29) is 0 Å². The summed E-state index contributed by atoms with van der Waals surface area (Å²) in [4.78, 5) is 25.1. The van der Waals surface area contributed by atoms with Crippen LogP contribution in [0.25, 0.3) is 0 Å². The van der Waals surface area contributed by atoms with E-state index in [1.54, 1.807) is 36.4 Å². The second-order valence-electron chi connectivity index (χ2n) is 5.79. The quantitative estimate of drug-likeness (QED) is 0.751. The number of carbonyl (C=O) groups is 2. The zero-order chi connectivity index (χ0) is 19.6. The zero-order valence-corrected chi connectivity index (χ0v) is 15.4. The fraction of sp³-hybridized carbons (Fsp3) is 0.263. The summed E-state index contributed by atoms with van der Waals surface area (Å²) < 4.78 is 21.4. The lowest BCUT2D eigenvalue weighted by Crippen LogP contribution is -2.45. The summed E-state index contributed by atoms with van der Waals surface area (Å²) in [5, 5.41) is 5.03. The lowest BCUT2D eigenvalue weighted by molar-refractivity contribution is -0.123. The lowest BCUT2D eigenvalue weighted by Gasteiger charge is -2.30. The van der Waals surface area contributed by atoms with E-state index in [0.717, 1.165) is 0 Å². The van der Waals surface area contributed by atoms with Crippen molar-refractivity contribution in [2.45, 2.75) is 5.54 Å². The molecule has 8 heteroatoms. The van der Waals surface area contributed by atoms with Gasteiger partial charge in [0.1, 0.15) is 23.0 Å². The van der Waals surface area contributed by atoms with Crippen LogP contribution >= 0.6 is 0 Å². The molecule has 1 aliphatic rings. The number of ether oxygens (including phenoxy) is 4. The van der Waals surface area contributed by atoms with Gasteiger partial charge in [0.05, 0.1) is 28.4 Å². The molecule has 0 bridgehead atoms. The van der Waals surface area contributed by atoms with E-state index in [4.69, 9.17) is 18.9 Å². The first-order valence-electron chi connectivity index (χ1n) is 8.08. The molecule has 0 atom stereocenters. The maximum absolute atomic E-state index is 13.0. The van der Waals surface area contributed by atoms with Crippen molar-refractivity contribution in [1.29, 1.82) is 0 Å². The maximum Gasteiger partial charge on any atom is 0.322 e. The SMILES string of the molecule is COc1ccc(C2(c3ccc(OC)cc3OC)NC(=O)NC2=O)c(OC)c1. The number of hydrogen-bond donors (Lipinski definition) is 2. The fourth-order valence-electron chi connectivity index (χ4n) is 3.20. The van der Waals surface area contributed by atoms with Crippen LogP contribution in [0.2, 0.25) is 0 Å². The first-order valence-corrected chi connectivity index (χ1v) is 8.08. The van der Waals surface area contributed by atoms with Gasteiger partial charge in [0.2, 0.25) is 0 Å². The van der Waals surface area contributed by atoms with E-state index in [9.17, 15) is 9.59 Å². The number of rotatable bonds is 6. The van der Waals surface area contributed by atoms with Gasteiger partial charge >= 0.3 is 6.03 Å². The molecule has 2 aromatic rings. The van der Waals surface area contributed by atoms with Crippen LogP contribution in [0.15, 0.2) is 36.4 Å². The van der Waals surface area contributed by atoms with Gasteiger partial charge in [0, 0.05) is 23.3 Å². The van der Waals surface area contributed by atoms with Crippen LogP contribution in [0.1, 0.15) is 11.1 Å². The molecule has 2 aromatic carbocycles. The summed E-state index contributed by atoms with van der Waals surface area (Å²) >= 11 is 0. The number of methoxy groups -OCH3 is 4. The standard InChI is InChI=1S/C19H20N2O6/c1-24-11-5-7-13(15(9-11)26-3)19(17(22)20-18(23)21-19)14-8-6-12(25-2)10-16(14)27-4/h5-10H,1-4H3,(H2,20,21,22,23). The molecule has 2 N–H and O–H groups in total. The van der Waals surface area contributed by atoms with Gasteiger partial charge < -0.3 is 24.3 Å². The van der Waals surface area contributed by atoms with Gasteiger partial charge in [-0.25, -0.2) is 4.79 Å². The predicted molar refractivity (Wildman–Crippen MR) is 96.5 cm³/mol. The van der Waals surface area contributed by atoms with E-state index in [2.05, 4.69) is 10.6 Å². The number of nitrogens with one attached hydrogen (secondary N) is 2. The summed E-state index contributed by atoms with van der Waals surface area (Å²) in [6, 6.07) is 9.39. The highest BCUT2D eigenvalue weighted by Crippen LogP contribution is 2.43. The van der Waals surface area contributed by atoms with Gasteiger partial charge in [-0.2, -0.15) is 0 Å². The molecule has 0 unspecified atom stereocenters. The maximum atomic E-state index is 13.0. The van der Waals surface area contributed by atoms with Crippen molar-refractivity contribution in [3.63, 3.8) is 0 Å². The Hall–Kier alpha value is -3.42. The summed E-state index contributed by atoms with van der Waals surface area (Å²) in [5.41, 5.74) is -0.651. The third kappa shape index (κ3) is 2.88. The summed E-state index contributed by atoms with van der Waals surface area (Å²) in [5.74, 6) is 1.32. The number of urea groups is 1. The van der Waals surface area contributed by atoms with Crippen LogP contribution in [0.3, 0.4) is 0 Å². The lowest BCUT2D eigenvalue weighted by atomic mass is 9.81. The Morgan fingerprint density at radius 1 is 0.741 bits per heavy atom. The van der Waals surface area contributed by atoms with E-state index >= 15 is 0 Å².